The number of aliphatic hydroxyl groups excluding tert-OH is 1. The topological polar surface area (TPSA) is 110 Å². The predicted octanol–water partition coefficient (Wildman–Crippen LogP) is -2.49. The number of hydrogen-bond donors (Lipinski definition) is 4. The molecule has 0 aliphatic heterocycles. The Morgan fingerprint density at radius 3 is 2.18 bits per heavy atom. The second kappa shape index (κ2) is 14.4. The molecular weight excluding hydrogens is 231 g/mol. The van der Waals surface area contributed by atoms with Crippen molar-refractivity contribution in [2.45, 2.75) is 44.6 Å². The monoisotopic (exact) mass is 256 g/mol. The number of aliphatic carboxylic acids is 1. The van der Waals surface area contributed by atoms with Crippen LogP contribution >= 0.6 is 0 Å². The summed E-state index contributed by atoms with van der Waals surface area (Å²) in [5.41, 5.74) is 9.83. The maximum atomic E-state index is 10.2. The van der Waals surface area contributed by atoms with Crippen LogP contribution in [0.1, 0.15) is 39.0 Å². The molecule has 0 aromatic heterocycles. The van der Waals surface area contributed by atoms with E-state index in [9.17, 15) is 4.79 Å². The molecule has 0 rings (SSSR count). The number of nitrogens with two attached hydrogens (primary N) is 2. The predicted molar refractivity (Wildman–Crippen MR) is 64.8 cm³/mol. The summed E-state index contributed by atoms with van der Waals surface area (Å²) in [4.78, 5) is 10.2. The molecular formula is C11H25N2NaO3. The first-order valence-electron chi connectivity index (χ1n) is 5.56. The Hall–Kier alpha value is 0.350. The zero-order valence-electron chi connectivity index (χ0n) is 11.1. The molecule has 0 saturated heterocycles. The Morgan fingerprint density at radius 2 is 2.00 bits per heavy atom. The van der Waals surface area contributed by atoms with Gasteiger partial charge in [-0.25, -0.2) is 0 Å². The van der Waals surface area contributed by atoms with Crippen molar-refractivity contribution in [3.05, 3.63) is 6.92 Å². The van der Waals surface area contributed by atoms with Crippen molar-refractivity contribution in [1.29, 1.82) is 0 Å². The number of hydrogen-bond acceptors (Lipinski definition) is 4. The molecule has 1 atom stereocenters. The molecule has 17 heavy (non-hydrogen) atoms. The molecule has 0 heterocycles. The molecule has 6 N–H and O–H groups in total. The van der Waals surface area contributed by atoms with Gasteiger partial charge in [-0.15, -0.1) is 0 Å². The van der Waals surface area contributed by atoms with E-state index in [0.717, 1.165) is 6.42 Å². The molecule has 0 aliphatic carbocycles. The number of unbranched alkanes of at least 4 members (excludes halogenated alkanes) is 2. The summed E-state index contributed by atoms with van der Waals surface area (Å²) in [6.45, 7) is 5.78. The summed E-state index contributed by atoms with van der Waals surface area (Å²) >= 11 is 0. The minimum Gasteiger partial charge on any atom is -0.481 e. The van der Waals surface area contributed by atoms with Crippen molar-refractivity contribution < 1.29 is 44.6 Å². The van der Waals surface area contributed by atoms with Crippen LogP contribution in [-0.2, 0) is 4.79 Å². The van der Waals surface area contributed by atoms with E-state index in [0.29, 0.717) is 0 Å². The third-order valence-electron chi connectivity index (χ3n) is 2.12. The first-order chi connectivity index (χ1) is 7.45. The number of carboxylic acid groups (broad SMARTS) is 1. The molecule has 0 aromatic carbocycles. The van der Waals surface area contributed by atoms with Crippen LogP contribution in [-0.4, -0.2) is 34.9 Å². The van der Waals surface area contributed by atoms with Gasteiger partial charge in [0.15, 0.2) is 0 Å². The quantitative estimate of drug-likeness (QED) is 0.298. The van der Waals surface area contributed by atoms with E-state index in [-0.39, 0.29) is 55.6 Å². The Labute approximate surface area is 126 Å². The standard InChI is InChI=1S/C6H14N2O3.C5H11.Na/c7-4-6(8,1-2-9)3-5(10)11;1-3-5-4-2;/h9H,1-4,7-8H2,(H,10,11);1,3-5H2,2H3;/q;-1;+1. The van der Waals surface area contributed by atoms with E-state index < -0.39 is 11.5 Å². The minimum absolute atomic E-state index is 0. The van der Waals surface area contributed by atoms with Crippen LogP contribution in [0.3, 0.4) is 0 Å². The molecule has 0 aromatic rings. The Morgan fingerprint density at radius 1 is 1.47 bits per heavy atom. The molecule has 0 bridgehead atoms. The number of rotatable bonds is 7. The molecule has 0 saturated carbocycles. The zero-order valence-corrected chi connectivity index (χ0v) is 13.1. The van der Waals surface area contributed by atoms with Crippen LogP contribution in [0.4, 0.5) is 0 Å². The molecule has 0 fully saturated rings. The van der Waals surface area contributed by atoms with Crippen molar-refractivity contribution in [3.8, 4) is 0 Å². The summed E-state index contributed by atoms with van der Waals surface area (Å²) in [5.74, 6) is -0.994. The van der Waals surface area contributed by atoms with Gasteiger partial charge in [-0.3, -0.25) is 4.79 Å². The van der Waals surface area contributed by atoms with E-state index in [2.05, 4.69) is 13.8 Å². The van der Waals surface area contributed by atoms with E-state index in [4.69, 9.17) is 21.7 Å². The van der Waals surface area contributed by atoms with Crippen molar-refractivity contribution in [1.82, 2.24) is 0 Å². The normalized spacial score (nSPS) is 12.8. The fraction of sp³-hybridized carbons (Fsp3) is 0.818. The van der Waals surface area contributed by atoms with E-state index in [1.807, 2.05) is 0 Å². The fourth-order valence-electron chi connectivity index (χ4n) is 1.04. The van der Waals surface area contributed by atoms with Crippen molar-refractivity contribution in [3.63, 3.8) is 0 Å². The average Bonchev–Trinajstić information content (AvgIpc) is 2.19. The van der Waals surface area contributed by atoms with Gasteiger partial charge in [0.2, 0.25) is 0 Å². The third kappa shape index (κ3) is 16.4. The van der Waals surface area contributed by atoms with Crippen LogP contribution < -0.4 is 41.0 Å². The van der Waals surface area contributed by atoms with Crippen molar-refractivity contribution >= 4 is 5.97 Å². The third-order valence-corrected chi connectivity index (χ3v) is 2.12. The van der Waals surface area contributed by atoms with Crippen LogP contribution in [0, 0.1) is 6.92 Å². The minimum atomic E-state index is -0.994. The molecule has 0 aliphatic rings. The first-order valence-corrected chi connectivity index (χ1v) is 5.56. The maximum Gasteiger partial charge on any atom is 1.00 e. The summed E-state index contributed by atoms with van der Waals surface area (Å²) < 4.78 is 0. The van der Waals surface area contributed by atoms with Crippen LogP contribution in [0.5, 0.6) is 0 Å². The van der Waals surface area contributed by atoms with Gasteiger partial charge < -0.3 is 28.6 Å². The molecule has 5 nitrogen and oxygen atoms in total. The van der Waals surface area contributed by atoms with Gasteiger partial charge in [-0.05, 0) is 6.42 Å². The van der Waals surface area contributed by atoms with Crippen LogP contribution in [0.15, 0.2) is 0 Å². The number of aliphatic hydroxyl groups is 1. The summed E-state index contributed by atoms with van der Waals surface area (Å²) in [5, 5.41) is 16.9. The average molecular weight is 256 g/mol. The Balaban J connectivity index is -0.000000280. The molecule has 1 unspecified atom stereocenters. The van der Waals surface area contributed by atoms with Gasteiger partial charge in [0.05, 0.1) is 6.42 Å². The molecule has 0 spiro atoms. The maximum absolute atomic E-state index is 10.2. The SMILES string of the molecule is NCC(N)(CCO)CC(=O)O.[CH2-]CCCC.[Na+]. The number of carboxylic acids is 1. The summed E-state index contributed by atoms with van der Waals surface area (Å²) in [6.07, 6.45) is 3.67. The van der Waals surface area contributed by atoms with Gasteiger partial charge in [-0.1, -0.05) is 19.8 Å². The van der Waals surface area contributed by atoms with Gasteiger partial charge in [0.25, 0.3) is 0 Å². The Kier molecular flexibility index (Phi) is 19.1. The van der Waals surface area contributed by atoms with E-state index >= 15 is 0 Å². The number of carbonyl (C=O) groups is 1. The Bertz CT molecular complexity index is 180. The molecule has 6 heteroatoms. The zero-order chi connectivity index (χ0) is 13.0. The summed E-state index contributed by atoms with van der Waals surface area (Å²) in [7, 11) is 0. The fourth-order valence-corrected chi connectivity index (χ4v) is 1.04. The van der Waals surface area contributed by atoms with Crippen molar-refractivity contribution in [2.24, 2.45) is 11.5 Å². The summed E-state index contributed by atoms with van der Waals surface area (Å²) in [6, 6.07) is 0. The van der Waals surface area contributed by atoms with E-state index in [1.54, 1.807) is 0 Å². The second-order valence-electron chi connectivity index (χ2n) is 3.82. The van der Waals surface area contributed by atoms with Crippen molar-refractivity contribution in [2.75, 3.05) is 13.2 Å². The second-order valence-corrected chi connectivity index (χ2v) is 3.82. The largest absolute Gasteiger partial charge is 1.00 e. The molecule has 0 radical (unpaired) electrons. The van der Waals surface area contributed by atoms with Gasteiger partial charge in [0, 0.05) is 18.7 Å². The van der Waals surface area contributed by atoms with Crippen LogP contribution in [0.2, 0.25) is 0 Å². The smallest absolute Gasteiger partial charge is 0.481 e. The molecule has 98 valence electrons. The molecule has 0 amide bonds. The van der Waals surface area contributed by atoms with Gasteiger partial charge in [-0.2, -0.15) is 6.42 Å². The van der Waals surface area contributed by atoms with Gasteiger partial charge in [0.1, 0.15) is 0 Å². The van der Waals surface area contributed by atoms with Gasteiger partial charge >= 0.3 is 35.5 Å². The van der Waals surface area contributed by atoms with E-state index in [1.165, 1.54) is 12.8 Å². The first kappa shape index (κ1) is 22.5. The van der Waals surface area contributed by atoms with Crippen LogP contribution in [0.25, 0.3) is 0 Å².